The molecule has 0 aliphatic heterocycles. The number of aliphatic carboxylic acids is 1. The van der Waals surface area contributed by atoms with Crippen molar-refractivity contribution in [2.75, 3.05) is 0 Å². The standard InChI is InChI=1S/C18H34O4/c1-3-5-7-9-10-11-13-15-17(19)22-16(18(20)21)14-12-8-6-4-2/h16H,3-15H2,1-2H3,(H,20,21). The molecule has 0 aromatic rings. The Labute approximate surface area is 135 Å². The number of ether oxygens (including phenoxy) is 1. The summed E-state index contributed by atoms with van der Waals surface area (Å²) < 4.78 is 5.10. The highest BCUT2D eigenvalue weighted by atomic mass is 16.6. The van der Waals surface area contributed by atoms with Crippen LogP contribution in [0.15, 0.2) is 0 Å². The van der Waals surface area contributed by atoms with Crippen LogP contribution in [0.4, 0.5) is 0 Å². The Bertz CT molecular complexity index is 289. The maximum Gasteiger partial charge on any atom is 0.345 e. The van der Waals surface area contributed by atoms with Gasteiger partial charge in [-0.1, -0.05) is 71.6 Å². The second-order valence-electron chi connectivity index (χ2n) is 6.04. The van der Waals surface area contributed by atoms with E-state index in [1.54, 1.807) is 0 Å². The minimum atomic E-state index is -1.02. The van der Waals surface area contributed by atoms with Crippen molar-refractivity contribution in [3.63, 3.8) is 0 Å². The van der Waals surface area contributed by atoms with Crippen molar-refractivity contribution >= 4 is 11.9 Å². The van der Waals surface area contributed by atoms with E-state index in [0.717, 1.165) is 44.9 Å². The van der Waals surface area contributed by atoms with E-state index in [1.807, 2.05) is 0 Å². The Morgan fingerprint density at radius 3 is 1.86 bits per heavy atom. The Balaban J connectivity index is 3.72. The fraction of sp³-hybridized carbons (Fsp3) is 0.889. The van der Waals surface area contributed by atoms with Crippen molar-refractivity contribution < 1.29 is 19.4 Å². The zero-order chi connectivity index (χ0) is 16.6. The molecule has 0 spiro atoms. The van der Waals surface area contributed by atoms with Crippen LogP contribution < -0.4 is 0 Å². The van der Waals surface area contributed by atoms with Crippen LogP contribution in [0.25, 0.3) is 0 Å². The molecule has 4 heteroatoms. The number of carboxylic acid groups (broad SMARTS) is 1. The van der Waals surface area contributed by atoms with E-state index < -0.39 is 12.1 Å². The predicted molar refractivity (Wildman–Crippen MR) is 88.9 cm³/mol. The highest BCUT2D eigenvalue weighted by Gasteiger charge is 2.21. The smallest absolute Gasteiger partial charge is 0.345 e. The average molecular weight is 314 g/mol. The summed E-state index contributed by atoms with van der Waals surface area (Å²) in [6.45, 7) is 4.30. The van der Waals surface area contributed by atoms with Crippen LogP contribution in [0.1, 0.15) is 97.3 Å². The average Bonchev–Trinajstić information content (AvgIpc) is 2.49. The van der Waals surface area contributed by atoms with Crippen LogP contribution in [0.5, 0.6) is 0 Å². The Morgan fingerprint density at radius 1 is 0.818 bits per heavy atom. The molecule has 0 radical (unpaired) electrons. The molecule has 1 atom stereocenters. The number of carbonyl (C=O) groups excluding carboxylic acids is 1. The molecule has 0 aromatic heterocycles. The minimum Gasteiger partial charge on any atom is -0.479 e. The second-order valence-corrected chi connectivity index (χ2v) is 6.04. The van der Waals surface area contributed by atoms with Crippen LogP contribution >= 0.6 is 0 Å². The second kappa shape index (κ2) is 14.9. The first-order chi connectivity index (χ1) is 10.6. The molecule has 1 unspecified atom stereocenters. The zero-order valence-electron chi connectivity index (χ0n) is 14.4. The number of unbranched alkanes of at least 4 members (excludes halogenated alkanes) is 9. The van der Waals surface area contributed by atoms with Crippen molar-refractivity contribution in [3.05, 3.63) is 0 Å². The Kier molecular flexibility index (Phi) is 14.1. The summed E-state index contributed by atoms with van der Waals surface area (Å²) in [5.41, 5.74) is 0. The quantitative estimate of drug-likeness (QED) is 0.337. The number of carbonyl (C=O) groups is 2. The highest BCUT2D eigenvalue weighted by molar-refractivity contribution is 5.77. The van der Waals surface area contributed by atoms with E-state index >= 15 is 0 Å². The molecule has 0 amide bonds. The number of hydrogen-bond donors (Lipinski definition) is 1. The molecule has 0 aliphatic carbocycles. The van der Waals surface area contributed by atoms with Crippen molar-refractivity contribution in [1.29, 1.82) is 0 Å². The summed E-state index contributed by atoms with van der Waals surface area (Å²) in [6.07, 6.45) is 11.8. The zero-order valence-corrected chi connectivity index (χ0v) is 14.4. The molecule has 0 aliphatic rings. The van der Waals surface area contributed by atoms with Crippen LogP contribution in [0.3, 0.4) is 0 Å². The topological polar surface area (TPSA) is 63.6 Å². The normalized spacial score (nSPS) is 12.1. The molecule has 4 nitrogen and oxygen atoms in total. The molecule has 0 bridgehead atoms. The number of esters is 1. The monoisotopic (exact) mass is 314 g/mol. The molecular weight excluding hydrogens is 280 g/mol. The molecule has 130 valence electrons. The first kappa shape index (κ1) is 20.9. The molecule has 0 rings (SSSR count). The maximum absolute atomic E-state index is 11.7. The van der Waals surface area contributed by atoms with Gasteiger partial charge in [0.2, 0.25) is 0 Å². The number of rotatable bonds is 15. The van der Waals surface area contributed by atoms with Gasteiger partial charge in [-0.15, -0.1) is 0 Å². The number of hydrogen-bond acceptors (Lipinski definition) is 3. The van der Waals surface area contributed by atoms with Crippen LogP contribution in [-0.2, 0) is 14.3 Å². The van der Waals surface area contributed by atoms with Gasteiger partial charge in [-0.05, 0) is 19.3 Å². The van der Waals surface area contributed by atoms with Gasteiger partial charge in [0.25, 0.3) is 0 Å². The van der Waals surface area contributed by atoms with Crippen LogP contribution in [-0.4, -0.2) is 23.1 Å². The van der Waals surface area contributed by atoms with Gasteiger partial charge < -0.3 is 9.84 Å². The van der Waals surface area contributed by atoms with Gasteiger partial charge in [0, 0.05) is 6.42 Å². The van der Waals surface area contributed by atoms with Crippen LogP contribution in [0, 0.1) is 0 Å². The lowest BCUT2D eigenvalue weighted by atomic mass is 10.1. The van der Waals surface area contributed by atoms with E-state index in [2.05, 4.69) is 13.8 Å². The minimum absolute atomic E-state index is 0.340. The largest absolute Gasteiger partial charge is 0.479 e. The lowest BCUT2D eigenvalue weighted by Gasteiger charge is -2.13. The van der Waals surface area contributed by atoms with E-state index in [1.165, 1.54) is 25.7 Å². The van der Waals surface area contributed by atoms with Gasteiger partial charge in [0.05, 0.1) is 0 Å². The third kappa shape index (κ3) is 12.7. The van der Waals surface area contributed by atoms with Gasteiger partial charge in [-0.2, -0.15) is 0 Å². The first-order valence-corrected chi connectivity index (χ1v) is 9.04. The molecule has 0 saturated carbocycles. The van der Waals surface area contributed by atoms with E-state index in [4.69, 9.17) is 9.84 Å². The van der Waals surface area contributed by atoms with Crippen molar-refractivity contribution in [2.24, 2.45) is 0 Å². The fourth-order valence-corrected chi connectivity index (χ4v) is 2.43. The summed E-state index contributed by atoms with van der Waals surface area (Å²) in [7, 11) is 0. The maximum atomic E-state index is 11.7. The molecule has 0 aromatic carbocycles. The van der Waals surface area contributed by atoms with E-state index in [0.29, 0.717) is 12.8 Å². The van der Waals surface area contributed by atoms with Gasteiger partial charge in [0.15, 0.2) is 6.10 Å². The molecule has 22 heavy (non-hydrogen) atoms. The molecule has 0 fully saturated rings. The van der Waals surface area contributed by atoms with Crippen molar-refractivity contribution in [2.45, 2.75) is 103 Å². The lowest BCUT2D eigenvalue weighted by molar-refractivity contribution is -0.164. The SMILES string of the molecule is CCCCCCCCCC(=O)OC(CCCCCC)C(=O)O. The number of carboxylic acids is 1. The van der Waals surface area contributed by atoms with Crippen molar-refractivity contribution in [1.82, 2.24) is 0 Å². The van der Waals surface area contributed by atoms with Gasteiger partial charge in [0.1, 0.15) is 0 Å². The molecule has 0 heterocycles. The summed E-state index contributed by atoms with van der Waals surface area (Å²) in [4.78, 5) is 22.8. The summed E-state index contributed by atoms with van der Waals surface area (Å²) in [6, 6.07) is 0. The lowest BCUT2D eigenvalue weighted by Crippen LogP contribution is -2.27. The van der Waals surface area contributed by atoms with Gasteiger partial charge in [-0.25, -0.2) is 4.79 Å². The molecule has 0 saturated heterocycles. The van der Waals surface area contributed by atoms with E-state index in [-0.39, 0.29) is 5.97 Å². The van der Waals surface area contributed by atoms with Crippen LogP contribution in [0.2, 0.25) is 0 Å². The Hall–Kier alpha value is -1.06. The first-order valence-electron chi connectivity index (χ1n) is 9.04. The Morgan fingerprint density at radius 2 is 1.32 bits per heavy atom. The molecular formula is C18H34O4. The van der Waals surface area contributed by atoms with Gasteiger partial charge in [-0.3, -0.25) is 4.79 Å². The fourth-order valence-electron chi connectivity index (χ4n) is 2.43. The third-order valence-corrected chi connectivity index (χ3v) is 3.85. The van der Waals surface area contributed by atoms with Crippen molar-refractivity contribution in [3.8, 4) is 0 Å². The third-order valence-electron chi connectivity index (χ3n) is 3.85. The summed E-state index contributed by atoms with van der Waals surface area (Å²) in [5.74, 6) is -1.39. The van der Waals surface area contributed by atoms with E-state index in [9.17, 15) is 9.59 Å². The molecule has 1 N–H and O–H groups in total. The highest BCUT2D eigenvalue weighted by Crippen LogP contribution is 2.12. The predicted octanol–water partition coefficient (Wildman–Crippen LogP) is 5.09. The summed E-state index contributed by atoms with van der Waals surface area (Å²) >= 11 is 0. The summed E-state index contributed by atoms with van der Waals surface area (Å²) in [5, 5.41) is 9.09. The van der Waals surface area contributed by atoms with Gasteiger partial charge >= 0.3 is 11.9 Å².